The van der Waals surface area contributed by atoms with Gasteiger partial charge in [0.2, 0.25) is 0 Å². The molecule has 1 N–H and O–H groups in total. The Morgan fingerprint density at radius 3 is 2.68 bits per heavy atom. The molecule has 5 unspecified atom stereocenters. The molecule has 0 aliphatic heterocycles. The zero-order valence-corrected chi connectivity index (χ0v) is 12.0. The summed E-state index contributed by atoms with van der Waals surface area (Å²) in [5.74, 6) is 5.07. The van der Waals surface area contributed by atoms with E-state index in [4.69, 9.17) is 0 Å². The molecular weight excluding hydrogens is 234 g/mol. The van der Waals surface area contributed by atoms with Crippen molar-refractivity contribution >= 4 is 0 Å². The lowest BCUT2D eigenvalue weighted by Crippen LogP contribution is -2.28. The first-order valence-corrected chi connectivity index (χ1v) is 8.02. The fraction of sp³-hybridized carbons (Fsp3) is 0.812. The first-order valence-electron chi connectivity index (χ1n) is 8.02. The maximum Gasteiger partial charge on any atom is 0.0553 e. The summed E-state index contributed by atoms with van der Waals surface area (Å²) in [6.07, 6.45) is 7.71. The number of aryl methyl sites for hydroxylation is 1. The molecule has 0 saturated heterocycles. The molecule has 0 aromatic carbocycles. The fourth-order valence-electron chi connectivity index (χ4n) is 5.27. The quantitative estimate of drug-likeness (QED) is 0.881. The number of hydrogen-bond acceptors (Lipinski definition) is 2. The SMILES string of the molecule is CCCNC(c1ccnn1C)C1C2C3CCC(C3)C21. The van der Waals surface area contributed by atoms with Crippen LogP contribution >= 0.6 is 0 Å². The Balaban J connectivity index is 1.57. The van der Waals surface area contributed by atoms with Crippen LogP contribution in [-0.4, -0.2) is 16.3 Å². The second kappa shape index (κ2) is 4.34. The van der Waals surface area contributed by atoms with Gasteiger partial charge in [-0.2, -0.15) is 5.10 Å². The number of nitrogens with one attached hydrogen (secondary N) is 1. The molecule has 1 aromatic rings. The molecule has 5 atom stereocenters. The molecule has 3 fully saturated rings. The van der Waals surface area contributed by atoms with Gasteiger partial charge in [-0.25, -0.2) is 0 Å². The first-order chi connectivity index (χ1) is 9.31. The molecule has 0 amide bonds. The van der Waals surface area contributed by atoms with E-state index in [1.165, 1.54) is 31.4 Å². The lowest BCUT2D eigenvalue weighted by atomic mass is 9.95. The second-order valence-electron chi connectivity index (χ2n) is 6.88. The van der Waals surface area contributed by atoms with E-state index in [-0.39, 0.29) is 0 Å². The molecule has 0 radical (unpaired) electrons. The van der Waals surface area contributed by atoms with Gasteiger partial charge in [0.15, 0.2) is 0 Å². The minimum atomic E-state index is 0.547. The highest BCUT2D eigenvalue weighted by atomic mass is 15.3. The fourth-order valence-corrected chi connectivity index (χ4v) is 5.27. The van der Waals surface area contributed by atoms with Crippen LogP contribution in [0.15, 0.2) is 12.3 Å². The molecule has 1 aromatic heterocycles. The second-order valence-corrected chi connectivity index (χ2v) is 6.88. The maximum absolute atomic E-state index is 4.38. The van der Waals surface area contributed by atoms with Crippen LogP contribution in [0.1, 0.15) is 44.3 Å². The highest BCUT2D eigenvalue weighted by Gasteiger charge is 2.66. The number of hydrogen-bond donors (Lipinski definition) is 1. The van der Waals surface area contributed by atoms with E-state index >= 15 is 0 Å². The van der Waals surface area contributed by atoms with Crippen LogP contribution in [0.25, 0.3) is 0 Å². The van der Waals surface area contributed by atoms with E-state index in [0.717, 1.165) is 36.1 Å². The third-order valence-corrected chi connectivity index (χ3v) is 5.97. The molecule has 3 saturated carbocycles. The minimum absolute atomic E-state index is 0.547. The van der Waals surface area contributed by atoms with Crippen molar-refractivity contribution in [3.63, 3.8) is 0 Å². The number of nitrogens with zero attached hydrogens (tertiary/aromatic N) is 2. The Labute approximate surface area is 115 Å². The van der Waals surface area contributed by atoms with Gasteiger partial charge in [-0.05, 0) is 67.9 Å². The predicted molar refractivity (Wildman–Crippen MR) is 75.5 cm³/mol. The summed E-state index contributed by atoms with van der Waals surface area (Å²) in [6.45, 7) is 3.38. The lowest BCUT2D eigenvalue weighted by molar-refractivity contribution is 0.357. The van der Waals surface area contributed by atoms with Crippen LogP contribution in [0.4, 0.5) is 0 Å². The van der Waals surface area contributed by atoms with Gasteiger partial charge in [0.25, 0.3) is 0 Å². The van der Waals surface area contributed by atoms with Crippen molar-refractivity contribution in [2.24, 2.45) is 36.6 Å². The third kappa shape index (κ3) is 1.70. The minimum Gasteiger partial charge on any atom is -0.308 e. The Hall–Kier alpha value is -0.830. The molecule has 3 aliphatic rings. The van der Waals surface area contributed by atoms with E-state index < -0.39 is 0 Å². The van der Waals surface area contributed by atoms with Crippen molar-refractivity contribution in [3.05, 3.63) is 18.0 Å². The predicted octanol–water partition coefficient (Wildman–Crippen LogP) is 2.75. The van der Waals surface area contributed by atoms with Gasteiger partial charge in [-0.3, -0.25) is 4.68 Å². The van der Waals surface area contributed by atoms with E-state index in [1.807, 2.05) is 6.20 Å². The lowest BCUT2D eigenvalue weighted by Gasteiger charge is -2.22. The highest BCUT2D eigenvalue weighted by Crippen LogP contribution is 2.72. The smallest absolute Gasteiger partial charge is 0.0553 e. The zero-order chi connectivity index (χ0) is 13.0. The van der Waals surface area contributed by atoms with Crippen LogP contribution in [0.5, 0.6) is 0 Å². The molecule has 2 bridgehead atoms. The summed E-state index contributed by atoms with van der Waals surface area (Å²) in [4.78, 5) is 0. The Morgan fingerprint density at radius 2 is 2.11 bits per heavy atom. The standard InChI is InChI=1S/C16H25N3/c1-3-7-17-16(12-6-8-18-19(12)2)15-13-10-4-5-11(9-10)14(13)15/h6,8,10-11,13-17H,3-5,7,9H2,1-2H3. The van der Waals surface area contributed by atoms with Crippen LogP contribution in [0.3, 0.4) is 0 Å². The van der Waals surface area contributed by atoms with Crippen LogP contribution in [0, 0.1) is 29.6 Å². The van der Waals surface area contributed by atoms with Crippen molar-refractivity contribution in [2.45, 2.75) is 38.6 Å². The topological polar surface area (TPSA) is 29.9 Å². The monoisotopic (exact) mass is 259 g/mol. The molecule has 3 heteroatoms. The Kier molecular flexibility index (Phi) is 2.73. The van der Waals surface area contributed by atoms with Crippen molar-refractivity contribution in [1.82, 2.24) is 15.1 Å². The van der Waals surface area contributed by atoms with Crippen molar-refractivity contribution in [1.29, 1.82) is 0 Å². The van der Waals surface area contributed by atoms with Gasteiger partial charge in [-0.15, -0.1) is 0 Å². The third-order valence-electron chi connectivity index (χ3n) is 5.97. The summed E-state index contributed by atoms with van der Waals surface area (Å²) >= 11 is 0. The normalized spacial score (nSPS) is 40.4. The van der Waals surface area contributed by atoms with E-state index in [0.29, 0.717) is 6.04 Å². The van der Waals surface area contributed by atoms with Crippen LogP contribution in [0.2, 0.25) is 0 Å². The van der Waals surface area contributed by atoms with Crippen LogP contribution < -0.4 is 5.32 Å². The zero-order valence-electron chi connectivity index (χ0n) is 12.0. The summed E-state index contributed by atoms with van der Waals surface area (Å²) in [6, 6.07) is 2.76. The van der Waals surface area contributed by atoms with Crippen LogP contribution in [-0.2, 0) is 7.05 Å². The summed E-state index contributed by atoms with van der Waals surface area (Å²) in [5, 5.41) is 8.19. The molecule has 19 heavy (non-hydrogen) atoms. The summed E-state index contributed by atoms with van der Waals surface area (Å²) < 4.78 is 2.07. The van der Waals surface area contributed by atoms with E-state index in [9.17, 15) is 0 Å². The van der Waals surface area contributed by atoms with Crippen molar-refractivity contribution < 1.29 is 0 Å². The first kappa shape index (κ1) is 12.0. The average Bonchev–Trinajstić information content (AvgIpc) is 2.78. The van der Waals surface area contributed by atoms with Gasteiger partial charge in [0, 0.05) is 13.2 Å². The molecule has 3 nitrogen and oxygen atoms in total. The van der Waals surface area contributed by atoms with E-state index in [1.54, 1.807) is 0 Å². The Morgan fingerprint density at radius 1 is 1.37 bits per heavy atom. The van der Waals surface area contributed by atoms with E-state index in [2.05, 4.69) is 35.1 Å². The Bertz CT molecular complexity index is 450. The highest BCUT2D eigenvalue weighted by molar-refractivity contribution is 5.21. The number of aromatic nitrogens is 2. The molecule has 4 rings (SSSR count). The number of fused-ring (bicyclic) bond motifs is 5. The maximum atomic E-state index is 4.38. The van der Waals surface area contributed by atoms with Gasteiger partial charge < -0.3 is 5.32 Å². The molecular formula is C16H25N3. The average molecular weight is 259 g/mol. The van der Waals surface area contributed by atoms with Crippen molar-refractivity contribution in [2.75, 3.05) is 6.54 Å². The summed E-state index contributed by atoms with van der Waals surface area (Å²) in [5.41, 5.74) is 1.40. The van der Waals surface area contributed by atoms with Crippen molar-refractivity contribution in [3.8, 4) is 0 Å². The van der Waals surface area contributed by atoms with Gasteiger partial charge in [0.1, 0.15) is 0 Å². The molecule has 0 spiro atoms. The van der Waals surface area contributed by atoms with Gasteiger partial charge in [0.05, 0.1) is 11.7 Å². The molecule has 1 heterocycles. The van der Waals surface area contributed by atoms with Gasteiger partial charge >= 0.3 is 0 Å². The number of rotatable bonds is 5. The summed E-state index contributed by atoms with van der Waals surface area (Å²) in [7, 11) is 2.09. The molecule has 104 valence electrons. The molecule has 3 aliphatic carbocycles. The van der Waals surface area contributed by atoms with Gasteiger partial charge in [-0.1, -0.05) is 6.92 Å². The largest absolute Gasteiger partial charge is 0.308 e.